The molecule has 1 aliphatic heterocycles. The Kier molecular flexibility index (Phi) is 4.24. The van der Waals surface area contributed by atoms with Crippen molar-refractivity contribution in [2.24, 2.45) is 10.2 Å². The lowest BCUT2D eigenvalue weighted by atomic mass is 9.94. The lowest BCUT2D eigenvalue weighted by molar-refractivity contribution is -0.385. The molecule has 5 rings (SSSR count). The number of rotatable bonds is 4. The van der Waals surface area contributed by atoms with E-state index in [4.69, 9.17) is 18.0 Å². The van der Waals surface area contributed by atoms with Gasteiger partial charge in [0, 0.05) is 53.2 Å². The largest absolute Gasteiger partial charge is 0.398 e. The molecular weight excluding hydrogens is 432 g/mol. The summed E-state index contributed by atoms with van der Waals surface area (Å²) >= 11 is 5.48. The Hall–Kier alpha value is -4.25. The van der Waals surface area contributed by atoms with Gasteiger partial charge in [0.05, 0.1) is 9.85 Å². The van der Waals surface area contributed by atoms with E-state index in [1.54, 1.807) is 11.0 Å². The maximum Gasteiger partial charge on any atom is 0.271 e. The molecule has 1 heterocycles. The Labute approximate surface area is 186 Å². The molecule has 0 amide bonds. The van der Waals surface area contributed by atoms with Crippen LogP contribution < -0.4 is 5.73 Å². The van der Waals surface area contributed by atoms with Gasteiger partial charge < -0.3 is 10.6 Å². The topological polar surface area (TPSA) is 140 Å². The van der Waals surface area contributed by atoms with Crippen LogP contribution in [0, 0.1) is 20.2 Å². The molecule has 158 valence electrons. The summed E-state index contributed by atoms with van der Waals surface area (Å²) in [5.74, 6) is 0. The highest BCUT2D eigenvalue weighted by molar-refractivity contribution is 7.80. The van der Waals surface area contributed by atoms with Gasteiger partial charge in [-0.1, -0.05) is 30.3 Å². The lowest BCUT2D eigenvalue weighted by Gasteiger charge is -2.34. The Balaban J connectivity index is 1.82. The van der Waals surface area contributed by atoms with E-state index in [1.165, 1.54) is 24.3 Å². The van der Waals surface area contributed by atoms with Crippen molar-refractivity contribution in [3.8, 4) is 11.1 Å². The van der Waals surface area contributed by atoms with Gasteiger partial charge in [-0.2, -0.15) is 0 Å². The number of nitrogens with zero attached hydrogens (tertiary/aromatic N) is 5. The van der Waals surface area contributed by atoms with E-state index < -0.39 is 15.5 Å². The fraction of sp³-hybridized carbons (Fsp3) is 0.0952. The van der Waals surface area contributed by atoms with Gasteiger partial charge in [-0.3, -0.25) is 20.2 Å². The van der Waals surface area contributed by atoms with Crippen LogP contribution >= 0.6 is 12.2 Å². The second kappa shape index (κ2) is 6.89. The van der Waals surface area contributed by atoms with Crippen LogP contribution in [0.5, 0.6) is 0 Å². The van der Waals surface area contributed by atoms with Gasteiger partial charge in [0.15, 0.2) is 0 Å². The molecule has 0 bridgehead atoms. The van der Waals surface area contributed by atoms with E-state index >= 15 is 0 Å². The number of hydrogen-bond acceptors (Lipinski definition) is 7. The van der Waals surface area contributed by atoms with E-state index in [0.29, 0.717) is 22.3 Å². The summed E-state index contributed by atoms with van der Waals surface area (Å²) in [6.07, 6.45) is 0. The number of hydrogen-bond donors (Lipinski definition) is 1. The first-order valence-electron chi connectivity index (χ1n) is 9.49. The first-order chi connectivity index (χ1) is 15.3. The summed E-state index contributed by atoms with van der Waals surface area (Å²) in [5, 5.41) is 31.9. The molecule has 32 heavy (non-hydrogen) atoms. The number of benzene rings is 3. The minimum atomic E-state index is -1.40. The fourth-order valence-corrected chi connectivity index (χ4v) is 4.57. The lowest BCUT2D eigenvalue weighted by Crippen LogP contribution is -2.42. The molecule has 1 spiro atoms. The van der Waals surface area contributed by atoms with Crippen molar-refractivity contribution in [1.29, 1.82) is 0 Å². The van der Waals surface area contributed by atoms with E-state index in [-0.39, 0.29) is 28.7 Å². The highest BCUT2D eigenvalue weighted by atomic mass is 32.1. The number of anilines is 1. The maximum atomic E-state index is 11.6. The molecule has 1 aliphatic carbocycles. The molecule has 11 heteroatoms. The number of fused-ring (bicyclic) bond motifs is 5. The minimum absolute atomic E-state index is 0.142. The van der Waals surface area contributed by atoms with Crippen LogP contribution in [0.2, 0.25) is 0 Å². The van der Waals surface area contributed by atoms with E-state index in [2.05, 4.69) is 10.2 Å². The molecule has 0 saturated carbocycles. The molecule has 3 aromatic carbocycles. The average Bonchev–Trinajstić information content (AvgIpc) is 3.25. The van der Waals surface area contributed by atoms with Crippen LogP contribution in [0.1, 0.15) is 16.7 Å². The molecule has 2 N–H and O–H groups in total. The molecule has 0 radical (unpaired) electrons. The summed E-state index contributed by atoms with van der Waals surface area (Å²) in [7, 11) is 0. The van der Waals surface area contributed by atoms with Crippen molar-refractivity contribution < 1.29 is 9.85 Å². The van der Waals surface area contributed by atoms with E-state index in [0.717, 1.165) is 5.56 Å². The smallest absolute Gasteiger partial charge is 0.271 e. The van der Waals surface area contributed by atoms with Crippen LogP contribution in [0.15, 0.2) is 70.9 Å². The zero-order chi connectivity index (χ0) is 22.6. The van der Waals surface area contributed by atoms with Crippen LogP contribution in [0.4, 0.5) is 17.1 Å². The summed E-state index contributed by atoms with van der Waals surface area (Å²) in [6.45, 7) is 0.289. The Morgan fingerprint density at radius 2 is 1.66 bits per heavy atom. The summed E-state index contributed by atoms with van der Waals surface area (Å²) in [6, 6.07) is 16.5. The van der Waals surface area contributed by atoms with Gasteiger partial charge in [-0.15, -0.1) is 10.2 Å². The number of non-ortho nitro benzene ring substituents is 2. The second-order valence-electron chi connectivity index (χ2n) is 7.43. The van der Waals surface area contributed by atoms with Crippen molar-refractivity contribution in [2.75, 3.05) is 5.73 Å². The summed E-state index contributed by atoms with van der Waals surface area (Å²) in [4.78, 5) is 23.8. The van der Waals surface area contributed by atoms with Gasteiger partial charge in [-0.05, 0) is 29.4 Å². The van der Waals surface area contributed by atoms with Crippen LogP contribution in [-0.4, -0.2) is 19.9 Å². The number of nitrogens with two attached hydrogens (primary N) is 1. The number of thiocarbonyl (C=S) groups is 1. The number of nitro benzene ring substituents is 2. The van der Waals surface area contributed by atoms with Crippen molar-refractivity contribution in [1.82, 2.24) is 4.90 Å². The predicted octanol–water partition coefficient (Wildman–Crippen LogP) is 4.52. The van der Waals surface area contributed by atoms with Gasteiger partial charge in [0.1, 0.15) is 0 Å². The molecule has 0 aromatic heterocycles. The van der Waals surface area contributed by atoms with Crippen molar-refractivity contribution in [3.05, 3.63) is 97.6 Å². The third-order valence-corrected chi connectivity index (χ3v) is 5.99. The molecule has 0 fully saturated rings. The quantitative estimate of drug-likeness (QED) is 0.269. The molecule has 2 aliphatic rings. The van der Waals surface area contributed by atoms with E-state index in [9.17, 15) is 20.2 Å². The third-order valence-electron chi connectivity index (χ3n) is 5.68. The SMILES string of the molecule is Nc1cc([N+](=O)[O-])cc2c1-c1ccc([N+](=O)[O-])cc1C21N=NC(=S)N1Cc1ccccc1. The van der Waals surface area contributed by atoms with Crippen LogP contribution in [0.25, 0.3) is 11.1 Å². The number of nitrogen functional groups attached to an aromatic ring is 1. The maximum absolute atomic E-state index is 11.6. The number of azo groups is 1. The molecule has 1 unspecified atom stereocenters. The molecule has 3 aromatic rings. The average molecular weight is 446 g/mol. The van der Waals surface area contributed by atoms with Gasteiger partial charge in [-0.25, -0.2) is 0 Å². The van der Waals surface area contributed by atoms with Crippen molar-refractivity contribution in [2.45, 2.75) is 12.2 Å². The van der Waals surface area contributed by atoms with Gasteiger partial charge in [0.25, 0.3) is 11.4 Å². The Morgan fingerprint density at radius 3 is 2.34 bits per heavy atom. The molecule has 10 nitrogen and oxygen atoms in total. The first-order valence-corrected chi connectivity index (χ1v) is 9.90. The zero-order valence-electron chi connectivity index (χ0n) is 16.3. The summed E-state index contributed by atoms with van der Waals surface area (Å²) < 4.78 is 0. The fourth-order valence-electron chi connectivity index (χ4n) is 4.34. The van der Waals surface area contributed by atoms with Crippen molar-refractivity contribution >= 4 is 34.4 Å². The molecule has 1 atom stereocenters. The van der Waals surface area contributed by atoms with Crippen LogP contribution in [0.3, 0.4) is 0 Å². The highest BCUT2D eigenvalue weighted by Gasteiger charge is 2.54. The van der Waals surface area contributed by atoms with Gasteiger partial charge >= 0.3 is 0 Å². The second-order valence-corrected chi connectivity index (χ2v) is 7.79. The Morgan fingerprint density at radius 1 is 0.969 bits per heavy atom. The minimum Gasteiger partial charge on any atom is -0.398 e. The number of nitro groups is 2. The van der Waals surface area contributed by atoms with Gasteiger partial charge in [0.2, 0.25) is 10.8 Å². The Bertz CT molecular complexity index is 1360. The monoisotopic (exact) mass is 446 g/mol. The molecule has 0 saturated heterocycles. The normalized spacial score (nSPS) is 18.1. The van der Waals surface area contributed by atoms with E-state index in [1.807, 2.05) is 30.3 Å². The van der Waals surface area contributed by atoms with Crippen molar-refractivity contribution in [3.63, 3.8) is 0 Å². The zero-order valence-corrected chi connectivity index (χ0v) is 17.2. The first kappa shape index (κ1) is 19.7. The predicted molar refractivity (Wildman–Crippen MR) is 120 cm³/mol. The summed E-state index contributed by atoms with van der Waals surface area (Å²) in [5.41, 5.74) is 7.56. The third kappa shape index (κ3) is 2.68. The highest BCUT2D eigenvalue weighted by Crippen LogP contribution is 2.57. The molecular formula is C21H14N6O4S. The standard InChI is InChI=1S/C21H14N6O4S/c22-18-10-14(27(30)31)9-17-19(18)15-7-6-13(26(28)29)8-16(15)21(17)24-23-20(32)25(21)11-12-4-2-1-3-5-12/h1-10H,11,22H2. The van der Waals surface area contributed by atoms with Crippen LogP contribution in [-0.2, 0) is 12.2 Å².